The smallest absolute Gasteiger partial charge is 0.338 e. The van der Waals surface area contributed by atoms with Gasteiger partial charge in [0.15, 0.2) is 10.8 Å². The Hall–Kier alpha value is -3.25. The van der Waals surface area contributed by atoms with E-state index in [9.17, 15) is 27.9 Å². The second-order valence-corrected chi connectivity index (χ2v) is 9.48. The van der Waals surface area contributed by atoms with Crippen molar-refractivity contribution in [1.29, 1.82) is 0 Å². The van der Waals surface area contributed by atoms with Gasteiger partial charge in [-0.05, 0) is 31.5 Å². The normalized spacial score (nSPS) is 24.2. The number of carbonyl (C=O) groups excluding carboxylic acids is 1. The van der Waals surface area contributed by atoms with Gasteiger partial charge in [0.05, 0.1) is 19.2 Å². The van der Waals surface area contributed by atoms with Gasteiger partial charge < -0.3 is 15.2 Å². The number of nitrogens with zero attached hydrogens (tertiary/aromatic N) is 3. The molecular formula is C23H23F3N4O4S. The first-order chi connectivity index (χ1) is 16.4. The molecule has 186 valence electrons. The lowest BCUT2D eigenvalue weighted by molar-refractivity contribution is -0.142. The molecule has 0 unspecified atom stereocenters. The summed E-state index contributed by atoms with van der Waals surface area (Å²) in [6.07, 6.45) is -0.842. The average molecular weight is 509 g/mol. The fourth-order valence-electron chi connectivity index (χ4n) is 4.39. The van der Waals surface area contributed by atoms with E-state index in [-0.39, 0.29) is 23.7 Å². The van der Waals surface area contributed by atoms with Gasteiger partial charge in [-0.3, -0.25) is 9.69 Å². The predicted octanol–water partition coefficient (Wildman–Crippen LogP) is 3.08. The van der Waals surface area contributed by atoms with Crippen LogP contribution in [0.1, 0.15) is 29.6 Å². The Morgan fingerprint density at radius 1 is 1.31 bits per heavy atom. The van der Waals surface area contributed by atoms with Crippen molar-refractivity contribution < 1.29 is 32.6 Å². The number of benzene rings is 1. The molecule has 3 heterocycles. The molecule has 8 nitrogen and oxygen atoms in total. The number of carboxylic acids is 1. The Morgan fingerprint density at radius 3 is 2.57 bits per heavy atom. The second kappa shape index (κ2) is 9.08. The zero-order valence-corrected chi connectivity index (χ0v) is 20.0. The van der Waals surface area contributed by atoms with Crippen LogP contribution in [-0.4, -0.2) is 64.9 Å². The Balaban J connectivity index is 1.87. The molecule has 2 aliphatic rings. The molecule has 12 heteroatoms. The van der Waals surface area contributed by atoms with E-state index in [1.54, 1.807) is 19.2 Å². The number of carbonyl (C=O) groups is 2. The first-order valence-corrected chi connectivity index (χ1v) is 11.5. The molecule has 1 aromatic heterocycles. The molecule has 1 fully saturated rings. The topological polar surface area (TPSA) is 104 Å². The van der Waals surface area contributed by atoms with E-state index in [0.29, 0.717) is 10.6 Å². The highest BCUT2D eigenvalue weighted by Crippen LogP contribution is 2.40. The van der Waals surface area contributed by atoms with E-state index in [4.69, 9.17) is 9.73 Å². The van der Waals surface area contributed by atoms with E-state index in [1.807, 2.05) is 0 Å². The first-order valence-electron chi connectivity index (χ1n) is 10.7. The highest BCUT2D eigenvalue weighted by molar-refractivity contribution is 7.11. The number of thiazole rings is 1. The number of ether oxygens (including phenoxy) is 1. The summed E-state index contributed by atoms with van der Waals surface area (Å²) >= 11 is 1.29. The third kappa shape index (κ3) is 4.80. The van der Waals surface area contributed by atoms with Crippen molar-refractivity contribution >= 4 is 29.1 Å². The number of esters is 1. The van der Waals surface area contributed by atoms with Gasteiger partial charge in [-0.2, -0.15) is 0 Å². The molecule has 2 aromatic rings. The van der Waals surface area contributed by atoms with Gasteiger partial charge in [-0.1, -0.05) is 12.1 Å². The van der Waals surface area contributed by atoms with Crippen molar-refractivity contribution in [1.82, 2.24) is 15.2 Å². The number of aromatic nitrogens is 1. The molecule has 35 heavy (non-hydrogen) atoms. The second-order valence-electron chi connectivity index (χ2n) is 8.62. The van der Waals surface area contributed by atoms with Gasteiger partial charge in [-0.25, -0.2) is 27.9 Å². The molecular weight excluding hydrogens is 485 g/mol. The maximum absolute atomic E-state index is 14.2. The van der Waals surface area contributed by atoms with Crippen molar-refractivity contribution in [3.05, 3.63) is 63.0 Å². The van der Waals surface area contributed by atoms with Gasteiger partial charge in [0.1, 0.15) is 17.4 Å². The summed E-state index contributed by atoms with van der Waals surface area (Å²) in [6, 6.07) is 3.95. The fourth-order valence-corrected chi connectivity index (χ4v) is 5.13. The van der Waals surface area contributed by atoms with Gasteiger partial charge in [0.2, 0.25) is 0 Å². The lowest BCUT2D eigenvalue weighted by Gasteiger charge is -2.36. The number of aliphatic carboxylic acids is 1. The van der Waals surface area contributed by atoms with Crippen LogP contribution in [0.15, 0.2) is 45.9 Å². The summed E-state index contributed by atoms with van der Waals surface area (Å²) in [5, 5.41) is 14.8. The zero-order valence-electron chi connectivity index (χ0n) is 19.1. The number of aryl methyl sites for hydroxylation is 1. The molecule has 0 bridgehead atoms. The molecule has 0 amide bonds. The number of nitrogens with one attached hydrogen (secondary N) is 1. The maximum atomic E-state index is 14.2. The van der Waals surface area contributed by atoms with Crippen LogP contribution < -0.4 is 5.32 Å². The molecule has 2 atom stereocenters. The first kappa shape index (κ1) is 24.9. The highest BCUT2D eigenvalue weighted by atomic mass is 32.1. The molecule has 1 aromatic carbocycles. The molecule has 0 radical (unpaired) electrons. The van der Waals surface area contributed by atoms with Gasteiger partial charge >= 0.3 is 11.9 Å². The molecule has 1 saturated heterocycles. The zero-order chi connectivity index (χ0) is 25.5. The minimum absolute atomic E-state index is 0.00277. The van der Waals surface area contributed by atoms with Crippen molar-refractivity contribution in [2.45, 2.75) is 37.8 Å². The number of carboxylic acid groups (broad SMARTS) is 1. The van der Waals surface area contributed by atoms with Crippen molar-refractivity contribution in [2.24, 2.45) is 4.99 Å². The van der Waals surface area contributed by atoms with Gasteiger partial charge in [-0.15, -0.1) is 11.3 Å². The lowest BCUT2D eigenvalue weighted by Crippen LogP contribution is -2.46. The SMILES string of the molecule is COC(=O)C1=C(CN2CC(F)(F)C[C@H]2C(=O)O)NC(c2nc(C)cs2)=N[C@]1(C)c1ccc(F)cc1. The lowest BCUT2D eigenvalue weighted by atomic mass is 9.82. The van der Waals surface area contributed by atoms with Crippen LogP contribution in [-0.2, 0) is 19.9 Å². The van der Waals surface area contributed by atoms with Crippen LogP contribution in [0.5, 0.6) is 0 Å². The van der Waals surface area contributed by atoms with E-state index in [1.165, 1.54) is 42.7 Å². The number of methoxy groups -OCH3 is 1. The molecule has 0 saturated carbocycles. The third-order valence-corrected chi connectivity index (χ3v) is 6.99. The van der Waals surface area contributed by atoms with Crippen LogP contribution >= 0.6 is 11.3 Å². The van der Waals surface area contributed by atoms with Crippen molar-refractivity contribution in [2.75, 3.05) is 20.2 Å². The number of likely N-dealkylation sites (tertiary alicyclic amines) is 1. The van der Waals surface area contributed by atoms with Crippen LogP contribution in [0.3, 0.4) is 0 Å². The third-order valence-electron chi connectivity index (χ3n) is 6.02. The Morgan fingerprint density at radius 2 is 2.00 bits per heavy atom. The van der Waals surface area contributed by atoms with Crippen molar-refractivity contribution in [3.63, 3.8) is 0 Å². The average Bonchev–Trinajstić information content (AvgIpc) is 3.35. The highest BCUT2D eigenvalue weighted by Gasteiger charge is 2.50. The van der Waals surface area contributed by atoms with Crippen LogP contribution in [0.25, 0.3) is 0 Å². The molecule has 2 N–H and O–H groups in total. The largest absolute Gasteiger partial charge is 0.480 e. The maximum Gasteiger partial charge on any atom is 0.338 e. The monoisotopic (exact) mass is 508 g/mol. The molecule has 0 spiro atoms. The number of rotatable bonds is 6. The summed E-state index contributed by atoms with van der Waals surface area (Å²) < 4.78 is 47.1. The number of halogens is 3. The fraction of sp³-hybridized carbons (Fsp3) is 0.391. The van der Waals surface area contributed by atoms with E-state index in [0.717, 1.165) is 10.6 Å². The quantitative estimate of drug-likeness (QED) is 0.578. The number of hydrogen-bond acceptors (Lipinski definition) is 8. The van der Waals surface area contributed by atoms with E-state index >= 15 is 0 Å². The molecule has 0 aliphatic carbocycles. The van der Waals surface area contributed by atoms with Gasteiger partial charge in [0, 0.05) is 29.7 Å². The number of hydrogen-bond donors (Lipinski definition) is 2. The summed E-state index contributed by atoms with van der Waals surface area (Å²) in [4.78, 5) is 35.0. The predicted molar refractivity (Wildman–Crippen MR) is 122 cm³/mol. The number of aliphatic imine (C=N–C) groups is 1. The Labute approximate surface area is 203 Å². The van der Waals surface area contributed by atoms with Crippen molar-refractivity contribution in [3.8, 4) is 0 Å². The minimum Gasteiger partial charge on any atom is -0.480 e. The summed E-state index contributed by atoms with van der Waals surface area (Å²) in [5.41, 5.74) is -0.0662. The van der Waals surface area contributed by atoms with E-state index in [2.05, 4.69) is 10.3 Å². The number of amidine groups is 1. The minimum atomic E-state index is -3.20. The summed E-state index contributed by atoms with van der Waals surface area (Å²) in [6.45, 7) is 2.32. The van der Waals surface area contributed by atoms with Crippen LogP contribution in [0.2, 0.25) is 0 Å². The summed E-state index contributed by atoms with van der Waals surface area (Å²) in [5.74, 6) is -5.58. The molecule has 4 rings (SSSR count). The van der Waals surface area contributed by atoms with Crippen LogP contribution in [0, 0.1) is 12.7 Å². The molecule has 2 aliphatic heterocycles. The number of alkyl halides is 2. The summed E-state index contributed by atoms with van der Waals surface area (Å²) in [7, 11) is 1.17. The Bertz CT molecular complexity index is 1230. The Kier molecular flexibility index (Phi) is 6.45. The standard InChI is InChI=1S/C23H23F3N4O4S/c1-12-10-35-19(27-12)18-28-15(9-30-11-23(25,26)8-16(30)20(31)32)17(21(33)34-3)22(2,29-18)13-4-6-14(24)7-5-13/h4-7,10,16H,8-9,11H2,1-3H3,(H,28,29)(H,31,32)/t16-,22+/m0/s1. The van der Waals surface area contributed by atoms with Crippen LogP contribution in [0.4, 0.5) is 13.2 Å². The van der Waals surface area contributed by atoms with E-state index < -0.39 is 48.2 Å². The van der Waals surface area contributed by atoms with Gasteiger partial charge in [0.25, 0.3) is 5.92 Å².